The first-order valence-electron chi connectivity index (χ1n) is 5.53. The van der Waals surface area contributed by atoms with Crippen LogP contribution in [-0.4, -0.2) is 10.3 Å². The number of hydrogen-bond acceptors (Lipinski definition) is 3. The van der Waals surface area contributed by atoms with Crippen LogP contribution in [0.3, 0.4) is 0 Å². The Morgan fingerprint density at radius 3 is 2.78 bits per heavy atom. The third kappa shape index (κ3) is 2.97. The summed E-state index contributed by atoms with van der Waals surface area (Å²) < 4.78 is 3.13. The average Bonchev–Trinajstić information content (AvgIpc) is 2.68. The summed E-state index contributed by atoms with van der Waals surface area (Å²) in [5.41, 5.74) is 3.26. The van der Waals surface area contributed by atoms with E-state index in [9.17, 15) is 0 Å². The van der Waals surface area contributed by atoms with Crippen LogP contribution in [0, 0.1) is 0 Å². The van der Waals surface area contributed by atoms with Crippen molar-refractivity contribution in [1.29, 1.82) is 0 Å². The van der Waals surface area contributed by atoms with Crippen molar-refractivity contribution in [2.45, 2.75) is 13.8 Å². The zero-order valence-corrected chi connectivity index (χ0v) is 12.9. The van der Waals surface area contributed by atoms with Gasteiger partial charge in [-0.15, -0.1) is 16.4 Å². The fourth-order valence-electron chi connectivity index (χ4n) is 1.51. The molecule has 0 aliphatic rings. The normalized spacial score (nSPS) is 11.7. The smallest absolute Gasteiger partial charge is 0.210 e. The van der Waals surface area contributed by atoms with E-state index in [1.807, 2.05) is 33.0 Å². The molecule has 2 aromatic rings. The van der Waals surface area contributed by atoms with Crippen LogP contribution >= 0.6 is 27.3 Å². The van der Waals surface area contributed by atoms with Gasteiger partial charge in [-0.3, -0.25) is 0 Å². The summed E-state index contributed by atoms with van der Waals surface area (Å²) in [5.74, 6) is 0. The van der Waals surface area contributed by atoms with Gasteiger partial charge in [-0.2, -0.15) is 5.10 Å². The molecule has 1 aromatic carbocycles. The Kier molecular flexibility index (Phi) is 4.14. The number of rotatable bonds is 2. The Balaban J connectivity index is 2.49. The van der Waals surface area contributed by atoms with Crippen molar-refractivity contribution in [3.63, 3.8) is 0 Å². The number of halogens is 1. The summed E-state index contributed by atoms with van der Waals surface area (Å²) in [4.78, 5) is 0.895. The topological polar surface area (TPSA) is 29.6 Å². The van der Waals surface area contributed by atoms with Crippen LogP contribution in [0.4, 0.5) is 0 Å². The van der Waals surface area contributed by atoms with Crippen molar-refractivity contribution >= 4 is 33.0 Å². The van der Waals surface area contributed by atoms with Gasteiger partial charge in [-0.05, 0) is 26.0 Å². The molecule has 0 saturated carbocycles. The highest BCUT2D eigenvalue weighted by Gasteiger charge is 2.04. The lowest BCUT2D eigenvalue weighted by atomic mass is 10.2. The van der Waals surface area contributed by atoms with Crippen LogP contribution in [0.15, 0.2) is 44.3 Å². The highest BCUT2D eigenvalue weighted by atomic mass is 79.9. The highest BCUT2D eigenvalue weighted by Crippen LogP contribution is 2.22. The Bertz CT molecular complexity index is 648. The van der Waals surface area contributed by atoms with Gasteiger partial charge in [0, 0.05) is 28.2 Å². The molecule has 0 fully saturated rings. The summed E-state index contributed by atoms with van der Waals surface area (Å²) in [6, 6.07) is 8.24. The molecule has 0 bridgehead atoms. The summed E-state index contributed by atoms with van der Waals surface area (Å²) in [5, 5.41) is 10.4. The molecule has 18 heavy (non-hydrogen) atoms. The maximum atomic E-state index is 4.23. The molecule has 0 N–H and O–H groups in total. The molecule has 1 heterocycles. The molecule has 2 rings (SSSR count). The molecule has 0 aliphatic heterocycles. The summed E-state index contributed by atoms with van der Waals surface area (Å²) in [6.07, 6.45) is 0. The third-order valence-corrected chi connectivity index (χ3v) is 3.78. The number of nitrogens with zero attached hydrogens (tertiary/aromatic N) is 3. The summed E-state index contributed by atoms with van der Waals surface area (Å²) in [6.45, 7) is 3.87. The summed E-state index contributed by atoms with van der Waals surface area (Å²) >= 11 is 5.08. The van der Waals surface area contributed by atoms with Crippen molar-refractivity contribution in [2.24, 2.45) is 17.3 Å². The van der Waals surface area contributed by atoms with E-state index in [2.05, 4.69) is 48.2 Å². The lowest BCUT2D eigenvalue weighted by Gasteiger charge is -2.02. The molecular formula is C13H14BrN3S. The second-order valence-electron chi connectivity index (χ2n) is 4.12. The van der Waals surface area contributed by atoms with Gasteiger partial charge in [0.2, 0.25) is 4.80 Å². The van der Waals surface area contributed by atoms with Crippen LogP contribution in [0.2, 0.25) is 0 Å². The molecule has 1 aromatic heterocycles. The van der Waals surface area contributed by atoms with Crippen LogP contribution in [-0.2, 0) is 7.05 Å². The predicted molar refractivity (Wildman–Crippen MR) is 80.8 cm³/mol. The van der Waals surface area contributed by atoms with Crippen molar-refractivity contribution in [2.75, 3.05) is 0 Å². The van der Waals surface area contributed by atoms with E-state index < -0.39 is 0 Å². The molecule has 0 atom stereocenters. The predicted octanol–water partition coefficient (Wildman–Crippen LogP) is 3.81. The minimum absolute atomic E-state index is 0.895. The van der Waals surface area contributed by atoms with Gasteiger partial charge < -0.3 is 4.57 Å². The first kappa shape index (κ1) is 13.2. The van der Waals surface area contributed by atoms with E-state index in [1.54, 1.807) is 11.3 Å². The number of benzene rings is 1. The zero-order chi connectivity index (χ0) is 13.1. The molecule has 0 radical (unpaired) electrons. The molecule has 0 aliphatic carbocycles. The van der Waals surface area contributed by atoms with Crippen molar-refractivity contribution in [1.82, 2.24) is 4.57 Å². The number of thiazole rings is 1. The van der Waals surface area contributed by atoms with E-state index in [-0.39, 0.29) is 0 Å². The standard InChI is InChI=1S/C13H14BrN3S/c1-9(2)15-16-13-17(3)12(8-18-13)10-5-4-6-11(14)7-10/h4-8H,1-3H3. The molecular weight excluding hydrogens is 310 g/mol. The van der Waals surface area contributed by atoms with E-state index in [0.29, 0.717) is 0 Å². The summed E-state index contributed by atoms with van der Waals surface area (Å²) in [7, 11) is 2.01. The Hall–Kier alpha value is -1.20. The SMILES string of the molecule is CC(C)=NN=c1scc(-c2cccc(Br)c2)n1C. The van der Waals surface area contributed by atoms with E-state index in [4.69, 9.17) is 0 Å². The van der Waals surface area contributed by atoms with Crippen LogP contribution < -0.4 is 4.80 Å². The van der Waals surface area contributed by atoms with Crippen LogP contribution in [0.5, 0.6) is 0 Å². The Labute approximate surface area is 119 Å². The second kappa shape index (κ2) is 5.63. The fourth-order valence-corrected chi connectivity index (χ4v) is 2.77. The fraction of sp³-hybridized carbons (Fsp3) is 0.231. The number of hydrogen-bond donors (Lipinski definition) is 0. The molecule has 3 nitrogen and oxygen atoms in total. The molecule has 94 valence electrons. The van der Waals surface area contributed by atoms with Gasteiger partial charge in [0.25, 0.3) is 0 Å². The zero-order valence-electron chi connectivity index (χ0n) is 10.5. The van der Waals surface area contributed by atoms with Crippen molar-refractivity contribution < 1.29 is 0 Å². The largest absolute Gasteiger partial charge is 0.318 e. The molecule has 0 spiro atoms. The highest BCUT2D eigenvalue weighted by molar-refractivity contribution is 9.10. The van der Waals surface area contributed by atoms with E-state index in [1.165, 1.54) is 5.56 Å². The molecule has 0 saturated heterocycles. The minimum atomic E-state index is 0.895. The van der Waals surface area contributed by atoms with Crippen molar-refractivity contribution in [3.05, 3.63) is 38.9 Å². The van der Waals surface area contributed by atoms with E-state index >= 15 is 0 Å². The third-order valence-electron chi connectivity index (χ3n) is 2.38. The van der Waals surface area contributed by atoms with Crippen LogP contribution in [0.1, 0.15) is 13.8 Å². The maximum Gasteiger partial charge on any atom is 0.210 e. The second-order valence-corrected chi connectivity index (χ2v) is 5.87. The Morgan fingerprint density at radius 2 is 2.11 bits per heavy atom. The lowest BCUT2D eigenvalue weighted by Crippen LogP contribution is -2.10. The first-order valence-corrected chi connectivity index (χ1v) is 7.20. The van der Waals surface area contributed by atoms with Gasteiger partial charge >= 0.3 is 0 Å². The van der Waals surface area contributed by atoms with Gasteiger partial charge in [-0.25, -0.2) is 0 Å². The molecule has 0 amide bonds. The van der Waals surface area contributed by atoms with Gasteiger partial charge in [0.05, 0.1) is 5.69 Å². The quantitative estimate of drug-likeness (QED) is 0.594. The molecule has 0 unspecified atom stereocenters. The van der Waals surface area contributed by atoms with Gasteiger partial charge in [-0.1, -0.05) is 28.1 Å². The van der Waals surface area contributed by atoms with Gasteiger partial charge in [0.1, 0.15) is 0 Å². The first-order chi connectivity index (χ1) is 8.58. The van der Waals surface area contributed by atoms with E-state index in [0.717, 1.165) is 20.7 Å². The lowest BCUT2D eigenvalue weighted by molar-refractivity contribution is 0.862. The van der Waals surface area contributed by atoms with Gasteiger partial charge in [0.15, 0.2) is 0 Å². The van der Waals surface area contributed by atoms with Crippen molar-refractivity contribution in [3.8, 4) is 11.3 Å². The molecule has 5 heteroatoms. The Morgan fingerprint density at radius 1 is 1.33 bits per heavy atom. The minimum Gasteiger partial charge on any atom is -0.318 e. The number of aromatic nitrogens is 1. The average molecular weight is 324 g/mol. The maximum absolute atomic E-state index is 4.23. The monoisotopic (exact) mass is 323 g/mol. The van der Waals surface area contributed by atoms with Crippen LogP contribution in [0.25, 0.3) is 11.3 Å².